The monoisotopic (exact) mass is 173 g/mol. The summed E-state index contributed by atoms with van der Waals surface area (Å²) >= 11 is 0. The van der Waals surface area contributed by atoms with Gasteiger partial charge in [0.1, 0.15) is 6.61 Å². The first-order chi connectivity index (χ1) is 4.42. The summed E-state index contributed by atoms with van der Waals surface area (Å²) in [4.78, 5) is 8.68. The van der Waals surface area contributed by atoms with Crippen LogP contribution in [0.4, 0.5) is 3.89 Å². The Morgan fingerprint density at radius 3 is 2.40 bits per heavy atom. The lowest BCUT2D eigenvalue weighted by Crippen LogP contribution is -2.10. The highest BCUT2D eigenvalue weighted by Gasteiger charge is 2.08. The molecule has 0 N–H and O–H groups in total. The van der Waals surface area contributed by atoms with E-state index in [0.29, 0.717) is 0 Å². The summed E-state index contributed by atoms with van der Waals surface area (Å²) in [5.74, 6) is 0. The van der Waals surface area contributed by atoms with E-state index in [1.54, 1.807) is 0 Å². The largest absolute Gasteiger partial charge is 0.437 e. The molecule has 0 aromatic heterocycles. The molecule has 0 rings (SSSR count). The van der Waals surface area contributed by atoms with Crippen molar-refractivity contribution < 1.29 is 21.4 Å². The van der Waals surface area contributed by atoms with Gasteiger partial charge in [-0.15, -0.1) is 0 Å². The minimum Gasteiger partial charge on any atom is -0.264 e. The normalized spacial score (nSPS) is 11.3. The predicted molar refractivity (Wildman–Crippen MR) is 27.8 cm³/mol. The third kappa shape index (κ3) is 7.24. The van der Waals surface area contributed by atoms with E-state index in [1.807, 2.05) is 0 Å². The van der Waals surface area contributed by atoms with E-state index in [1.165, 1.54) is 0 Å². The van der Waals surface area contributed by atoms with Crippen LogP contribution in [0.25, 0.3) is 0 Å². The van der Waals surface area contributed by atoms with Gasteiger partial charge in [-0.3, -0.25) is 10.1 Å². The number of hydrogen-bond donors (Lipinski definition) is 0. The predicted octanol–water partition coefficient (Wildman–Crippen LogP) is -0.506. The molecule has 60 valence electrons. The molecule has 0 radical (unpaired) electrons. The number of nitro groups is 1. The molecule has 0 aliphatic rings. The van der Waals surface area contributed by atoms with E-state index in [2.05, 4.69) is 4.18 Å². The fourth-order valence-electron chi connectivity index (χ4n) is 0.211. The molecule has 0 aliphatic carbocycles. The van der Waals surface area contributed by atoms with Crippen LogP contribution in [0, 0.1) is 10.1 Å². The van der Waals surface area contributed by atoms with Gasteiger partial charge in [-0.25, -0.2) is 4.18 Å². The molecule has 0 heterocycles. The number of nitrogens with zero attached hydrogens (tertiary/aromatic N) is 1. The van der Waals surface area contributed by atoms with Gasteiger partial charge in [0.05, 0.1) is 0 Å². The Hall–Kier alpha value is -0.760. The van der Waals surface area contributed by atoms with Crippen LogP contribution in [-0.2, 0) is 14.7 Å². The zero-order valence-corrected chi connectivity index (χ0v) is 5.51. The van der Waals surface area contributed by atoms with Gasteiger partial charge in [-0.2, -0.15) is 8.42 Å². The zero-order chi connectivity index (χ0) is 8.20. The van der Waals surface area contributed by atoms with Crippen molar-refractivity contribution in [3.63, 3.8) is 0 Å². The molecule has 0 aromatic carbocycles. The summed E-state index contributed by atoms with van der Waals surface area (Å²) < 4.78 is 33.8. The van der Waals surface area contributed by atoms with Crippen molar-refractivity contribution in [2.45, 2.75) is 0 Å². The molecule has 0 fully saturated rings. The molecule has 10 heavy (non-hydrogen) atoms. The average Bonchev–Trinajstić information content (AvgIpc) is 1.59. The summed E-state index contributed by atoms with van der Waals surface area (Å²) in [6.07, 6.45) is 0. The van der Waals surface area contributed by atoms with Gasteiger partial charge in [0.2, 0.25) is 6.54 Å². The highest BCUT2D eigenvalue weighted by molar-refractivity contribution is 7.81. The van der Waals surface area contributed by atoms with Gasteiger partial charge in [-0.05, 0) is 0 Å². The second-order valence-electron chi connectivity index (χ2n) is 1.27. The lowest BCUT2D eigenvalue weighted by Gasteiger charge is -1.91. The van der Waals surface area contributed by atoms with E-state index < -0.39 is 28.6 Å². The Labute approximate surface area is 56.2 Å². The third-order valence-corrected chi connectivity index (χ3v) is 0.946. The van der Waals surface area contributed by atoms with E-state index in [9.17, 15) is 22.4 Å². The maximum atomic E-state index is 11.4. The molecular weight excluding hydrogens is 169 g/mol. The third-order valence-electron chi connectivity index (χ3n) is 0.498. The molecule has 0 unspecified atom stereocenters. The van der Waals surface area contributed by atoms with Gasteiger partial charge in [0.15, 0.2) is 0 Å². The van der Waals surface area contributed by atoms with Crippen molar-refractivity contribution in [1.82, 2.24) is 0 Å². The molecule has 0 saturated carbocycles. The quantitative estimate of drug-likeness (QED) is 0.324. The van der Waals surface area contributed by atoms with E-state index in [0.717, 1.165) is 0 Å². The first-order valence-corrected chi connectivity index (χ1v) is 3.43. The molecule has 0 atom stereocenters. The molecular formula is C2H4FNO5S. The van der Waals surface area contributed by atoms with Crippen LogP contribution < -0.4 is 0 Å². The van der Waals surface area contributed by atoms with Crippen molar-refractivity contribution in [1.29, 1.82) is 0 Å². The molecule has 0 bridgehead atoms. The first kappa shape index (κ1) is 9.24. The van der Waals surface area contributed by atoms with Gasteiger partial charge >= 0.3 is 10.5 Å². The second kappa shape index (κ2) is 3.42. The highest BCUT2D eigenvalue weighted by atomic mass is 32.3. The Kier molecular flexibility index (Phi) is 3.16. The van der Waals surface area contributed by atoms with Crippen LogP contribution in [0.5, 0.6) is 0 Å². The topological polar surface area (TPSA) is 86.5 Å². The van der Waals surface area contributed by atoms with Crippen LogP contribution >= 0.6 is 0 Å². The minimum absolute atomic E-state index is 0.733. The molecule has 0 saturated heterocycles. The van der Waals surface area contributed by atoms with Crippen LogP contribution in [-0.4, -0.2) is 26.5 Å². The maximum Gasteiger partial charge on any atom is 0.437 e. The van der Waals surface area contributed by atoms with E-state index in [-0.39, 0.29) is 0 Å². The summed E-state index contributed by atoms with van der Waals surface area (Å²) in [5.41, 5.74) is 0. The molecule has 0 aliphatic heterocycles. The summed E-state index contributed by atoms with van der Waals surface area (Å²) in [7, 11) is -5.02. The van der Waals surface area contributed by atoms with Crippen molar-refractivity contribution in [2.75, 3.05) is 13.2 Å². The van der Waals surface area contributed by atoms with Crippen molar-refractivity contribution in [2.24, 2.45) is 0 Å². The Bertz CT molecular complexity index is 210. The molecule has 0 spiro atoms. The highest BCUT2D eigenvalue weighted by Crippen LogP contribution is 1.91. The van der Waals surface area contributed by atoms with Crippen molar-refractivity contribution in [3.8, 4) is 0 Å². The fourth-order valence-corrected chi connectivity index (χ4v) is 0.485. The maximum absolute atomic E-state index is 11.4. The number of halogens is 1. The van der Waals surface area contributed by atoms with Crippen LogP contribution in [0.15, 0.2) is 0 Å². The standard InChI is InChI=1S/C2H4FNO5S/c3-10(7,8)9-2-1-4(5)6/h1-2H2. The first-order valence-electron chi connectivity index (χ1n) is 2.12. The van der Waals surface area contributed by atoms with Gasteiger partial charge < -0.3 is 0 Å². The summed E-state index contributed by atoms with van der Waals surface area (Å²) in [6.45, 7) is -1.50. The lowest BCUT2D eigenvalue weighted by molar-refractivity contribution is -0.481. The molecule has 0 aromatic rings. The van der Waals surface area contributed by atoms with Crippen molar-refractivity contribution in [3.05, 3.63) is 10.1 Å². The molecule has 8 heteroatoms. The fraction of sp³-hybridized carbons (Fsp3) is 1.00. The van der Waals surface area contributed by atoms with Crippen LogP contribution in [0.2, 0.25) is 0 Å². The van der Waals surface area contributed by atoms with E-state index in [4.69, 9.17) is 0 Å². The number of hydrogen-bond acceptors (Lipinski definition) is 5. The Morgan fingerprint density at radius 1 is 1.60 bits per heavy atom. The summed E-state index contributed by atoms with van der Waals surface area (Å²) in [6, 6.07) is 0. The Balaban J connectivity index is 3.49. The molecule has 0 amide bonds. The van der Waals surface area contributed by atoms with Gasteiger partial charge in [0, 0.05) is 4.92 Å². The lowest BCUT2D eigenvalue weighted by atomic mass is 10.7. The second-order valence-corrected chi connectivity index (χ2v) is 2.29. The van der Waals surface area contributed by atoms with Gasteiger partial charge in [-0.1, -0.05) is 3.89 Å². The SMILES string of the molecule is O=[N+]([O-])CCOS(=O)(=O)F. The van der Waals surface area contributed by atoms with E-state index >= 15 is 0 Å². The summed E-state index contributed by atoms with van der Waals surface area (Å²) in [5, 5.41) is 9.49. The van der Waals surface area contributed by atoms with Crippen molar-refractivity contribution >= 4 is 10.5 Å². The smallest absolute Gasteiger partial charge is 0.264 e. The Morgan fingerprint density at radius 2 is 2.10 bits per heavy atom. The number of rotatable bonds is 4. The minimum atomic E-state index is -5.02. The van der Waals surface area contributed by atoms with Crippen LogP contribution in [0.1, 0.15) is 0 Å². The molecule has 6 nitrogen and oxygen atoms in total. The van der Waals surface area contributed by atoms with Crippen LogP contribution in [0.3, 0.4) is 0 Å². The average molecular weight is 173 g/mol. The zero-order valence-electron chi connectivity index (χ0n) is 4.69. The van der Waals surface area contributed by atoms with Gasteiger partial charge in [0.25, 0.3) is 0 Å².